The monoisotopic (exact) mass is 264 g/mol. The van der Waals surface area contributed by atoms with Crippen molar-refractivity contribution in [3.63, 3.8) is 0 Å². The van der Waals surface area contributed by atoms with Gasteiger partial charge in [0.15, 0.2) is 0 Å². The summed E-state index contributed by atoms with van der Waals surface area (Å²) < 4.78 is 18.9. The van der Waals surface area contributed by atoms with Crippen LogP contribution in [0.3, 0.4) is 0 Å². The number of rotatable bonds is 3. The van der Waals surface area contributed by atoms with Crippen LogP contribution in [-0.4, -0.2) is 12.9 Å². The zero-order valence-corrected chi connectivity index (χ0v) is 11.2. The van der Waals surface area contributed by atoms with E-state index >= 15 is 0 Å². The number of ketones is 1. The maximum atomic E-state index is 13.9. The van der Waals surface area contributed by atoms with Crippen molar-refractivity contribution in [2.75, 3.05) is 7.11 Å². The Hall–Kier alpha value is -1.68. The Morgan fingerprint density at radius 2 is 2.00 bits per heavy atom. The van der Waals surface area contributed by atoms with Crippen LogP contribution in [0.2, 0.25) is 0 Å². The van der Waals surface area contributed by atoms with E-state index < -0.39 is 5.82 Å². The predicted molar refractivity (Wildman–Crippen MR) is 70.2 cm³/mol. The maximum Gasteiger partial charge on any atom is 0.206 e. The van der Waals surface area contributed by atoms with E-state index in [4.69, 9.17) is 4.74 Å². The van der Waals surface area contributed by atoms with Crippen molar-refractivity contribution in [3.8, 4) is 5.75 Å². The largest absolute Gasteiger partial charge is 0.496 e. The number of halogens is 1. The number of methoxy groups -OCH3 is 1. The molecule has 2 aromatic rings. The molecular weight excluding hydrogens is 251 g/mol. The number of hydrogen-bond donors (Lipinski definition) is 0. The third-order valence-corrected chi connectivity index (χ3v) is 3.60. The number of hydrogen-bond acceptors (Lipinski definition) is 3. The van der Waals surface area contributed by atoms with Crippen LogP contribution in [0.15, 0.2) is 23.6 Å². The highest BCUT2D eigenvalue weighted by Crippen LogP contribution is 2.26. The molecule has 0 radical (unpaired) electrons. The zero-order valence-electron chi connectivity index (χ0n) is 10.4. The second kappa shape index (κ2) is 4.90. The Bertz CT molecular complexity index is 579. The third-order valence-electron chi connectivity index (χ3n) is 2.69. The Morgan fingerprint density at radius 1 is 1.28 bits per heavy atom. The molecule has 0 aliphatic rings. The Balaban J connectivity index is 2.46. The minimum atomic E-state index is -0.468. The van der Waals surface area contributed by atoms with Crippen LogP contribution in [0.25, 0.3) is 0 Å². The van der Waals surface area contributed by atoms with Crippen LogP contribution < -0.4 is 4.74 Å². The van der Waals surface area contributed by atoms with Crippen LogP contribution in [0.1, 0.15) is 26.4 Å². The minimum absolute atomic E-state index is 0.144. The number of aryl methyl sites for hydroxylation is 2. The SMILES string of the molecule is COc1csc(C(=O)c2c(C)cc(C)cc2F)c1. The smallest absolute Gasteiger partial charge is 0.206 e. The first-order chi connectivity index (χ1) is 8.52. The van der Waals surface area contributed by atoms with E-state index in [1.54, 1.807) is 31.4 Å². The first-order valence-corrected chi connectivity index (χ1v) is 6.35. The Labute approximate surface area is 109 Å². The first-order valence-electron chi connectivity index (χ1n) is 5.47. The normalized spacial score (nSPS) is 10.4. The second-order valence-electron chi connectivity index (χ2n) is 4.12. The molecule has 18 heavy (non-hydrogen) atoms. The molecule has 0 saturated carbocycles. The first kappa shape index (κ1) is 12.8. The van der Waals surface area contributed by atoms with Crippen LogP contribution >= 0.6 is 11.3 Å². The van der Waals surface area contributed by atoms with Gasteiger partial charge in [-0.25, -0.2) is 4.39 Å². The van der Waals surface area contributed by atoms with E-state index in [9.17, 15) is 9.18 Å². The third kappa shape index (κ3) is 2.29. The van der Waals surface area contributed by atoms with Gasteiger partial charge in [0.1, 0.15) is 11.6 Å². The van der Waals surface area contributed by atoms with E-state index in [1.165, 1.54) is 24.5 Å². The standard InChI is InChI=1S/C14H13FO2S/c1-8-4-9(2)13(11(15)5-8)14(16)12-6-10(17-3)7-18-12/h4-7H,1-3H3. The fourth-order valence-corrected chi connectivity index (χ4v) is 2.67. The van der Waals surface area contributed by atoms with Gasteiger partial charge in [-0.15, -0.1) is 11.3 Å². The summed E-state index contributed by atoms with van der Waals surface area (Å²) in [6.07, 6.45) is 0. The zero-order chi connectivity index (χ0) is 13.3. The van der Waals surface area contributed by atoms with Crippen molar-refractivity contribution in [1.29, 1.82) is 0 Å². The lowest BCUT2D eigenvalue weighted by atomic mass is 10.0. The highest BCUT2D eigenvalue weighted by molar-refractivity contribution is 7.12. The van der Waals surface area contributed by atoms with Crippen molar-refractivity contribution in [1.82, 2.24) is 0 Å². The molecule has 0 aliphatic carbocycles. The number of carbonyl (C=O) groups excluding carboxylic acids is 1. The van der Waals surface area contributed by atoms with Gasteiger partial charge in [-0.1, -0.05) is 6.07 Å². The van der Waals surface area contributed by atoms with Gasteiger partial charge in [0.05, 0.1) is 17.6 Å². The van der Waals surface area contributed by atoms with Crippen molar-refractivity contribution >= 4 is 17.1 Å². The summed E-state index contributed by atoms with van der Waals surface area (Å²) in [7, 11) is 1.54. The molecule has 1 heterocycles. The highest BCUT2D eigenvalue weighted by Gasteiger charge is 2.19. The van der Waals surface area contributed by atoms with Crippen LogP contribution in [0.5, 0.6) is 5.75 Å². The fraction of sp³-hybridized carbons (Fsp3) is 0.214. The lowest BCUT2D eigenvalue weighted by Gasteiger charge is -2.06. The Kier molecular flexibility index (Phi) is 3.48. The summed E-state index contributed by atoms with van der Waals surface area (Å²) >= 11 is 1.26. The summed E-state index contributed by atoms with van der Waals surface area (Å²) in [5.41, 5.74) is 1.61. The Morgan fingerprint density at radius 3 is 2.56 bits per heavy atom. The summed E-state index contributed by atoms with van der Waals surface area (Å²) in [4.78, 5) is 12.7. The molecular formula is C14H13FO2S. The average molecular weight is 264 g/mol. The molecule has 0 bridgehead atoms. The molecule has 0 aliphatic heterocycles. The quantitative estimate of drug-likeness (QED) is 0.789. The molecule has 2 nitrogen and oxygen atoms in total. The van der Waals surface area contributed by atoms with E-state index in [-0.39, 0.29) is 11.3 Å². The van der Waals surface area contributed by atoms with E-state index in [2.05, 4.69) is 0 Å². The molecule has 0 saturated heterocycles. The summed E-state index contributed by atoms with van der Waals surface area (Å²) in [6, 6.07) is 4.82. The van der Waals surface area contributed by atoms with Crippen LogP contribution in [0.4, 0.5) is 4.39 Å². The van der Waals surface area contributed by atoms with Gasteiger partial charge >= 0.3 is 0 Å². The number of thiophene rings is 1. The molecule has 2 rings (SSSR count). The summed E-state index contributed by atoms with van der Waals surface area (Å²) in [6.45, 7) is 3.55. The molecule has 1 aromatic heterocycles. The number of carbonyl (C=O) groups is 1. The topological polar surface area (TPSA) is 26.3 Å². The average Bonchev–Trinajstić information content (AvgIpc) is 2.75. The molecule has 0 N–H and O–H groups in total. The lowest BCUT2D eigenvalue weighted by molar-refractivity contribution is 0.103. The van der Waals surface area contributed by atoms with Crippen molar-refractivity contribution in [2.24, 2.45) is 0 Å². The highest BCUT2D eigenvalue weighted by atomic mass is 32.1. The molecule has 0 spiro atoms. The van der Waals surface area contributed by atoms with E-state index in [1.807, 2.05) is 0 Å². The fourth-order valence-electron chi connectivity index (χ4n) is 1.87. The van der Waals surface area contributed by atoms with Crippen LogP contribution in [-0.2, 0) is 0 Å². The second-order valence-corrected chi connectivity index (χ2v) is 5.03. The van der Waals surface area contributed by atoms with E-state index in [0.717, 1.165) is 5.56 Å². The summed E-state index contributed by atoms with van der Waals surface area (Å²) in [5, 5.41) is 1.73. The van der Waals surface area contributed by atoms with Gasteiger partial charge in [-0.3, -0.25) is 4.79 Å². The molecule has 0 amide bonds. The lowest BCUT2D eigenvalue weighted by Crippen LogP contribution is -2.05. The van der Waals surface area contributed by atoms with Crippen molar-refractivity contribution in [3.05, 3.63) is 51.0 Å². The van der Waals surface area contributed by atoms with Gasteiger partial charge < -0.3 is 4.74 Å². The van der Waals surface area contributed by atoms with Gasteiger partial charge in [0.2, 0.25) is 5.78 Å². The molecule has 94 valence electrons. The molecule has 0 unspecified atom stereocenters. The van der Waals surface area contributed by atoms with Gasteiger partial charge in [0, 0.05) is 11.4 Å². The maximum absolute atomic E-state index is 13.9. The summed E-state index contributed by atoms with van der Waals surface area (Å²) in [5.74, 6) is -0.142. The number of ether oxygens (including phenoxy) is 1. The van der Waals surface area contributed by atoms with E-state index in [0.29, 0.717) is 16.2 Å². The van der Waals surface area contributed by atoms with Gasteiger partial charge in [0.25, 0.3) is 0 Å². The minimum Gasteiger partial charge on any atom is -0.496 e. The molecule has 4 heteroatoms. The predicted octanol–water partition coefficient (Wildman–Crippen LogP) is 3.74. The molecule has 1 aromatic carbocycles. The molecule has 0 atom stereocenters. The van der Waals surface area contributed by atoms with Crippen molar-refractivity contribution < 1.29 is 13.9 Å². The van der Waals surface area contributed by atoms with Gasteiger partial charge in [-0.05, 0) is 31.0 Å². The van der Waals surface area contributed by atoms with Gasteiger partial charge in [-0.2, -0.15) is 0 Å². The number of benzene rings is 1. The van der Waals surface area contributed by atoms with Crippen LogP contribution in [0, 0.1) is 19.7 Å². The molecule has 0 fully saturated rings. The van der Waals surface area contributed by atoms with Crippen molar-refractivity contribution in [2.45, 2.75) is 13.8 Å².